The molecule has 16 heavy (non-hydrogen) atoms. The number of carbonyl (C=O) groups is 1. The van der Waals surface area contributed by atoms with E-state index in [1.807, 2.05) is 13.0 Å². The maximum Gasteiger partial charge on any atom is 0.419 e. The second-order valence-electron chi connectivity index (χ2n) is 2.90. The topological polar surface area (TPSA) is 100 Å². The fourth-order valence-corrected chi connectivity index (χ4v) is 1.27. The van der Waals surface area contributed by atoms with Gasteiger partial charge in [0.1, 0.15) is 0 Å². The number of carboxylic acid groups (broad SMARTS) is 1. The Kier molecular flexibility index (Phi) is 3.60. The van der Waals surface area contributed by atoms with Crippen molar-refractivity contribution < 1.29 is 14.3 Å². The lowest BCUT2D eigenvalue weighted by Crippen LogP contribution is -2.14. The first-order valence-corrected chi connectivity index (χ1v) is 4.30. The molecule has 0 saturated heterocycles. The molecule has 2 N–H and O–H groups in total. The zero-order valence-electron chi connectivity index (χ0n) is 8.39. The molecule has 1 aromatic heterocycles. The molecule has 0 aliphatic heterocycles. The van der Waals surface area contributed by atoms with E-state index in [0.717, 1.165) is 5.56 Å². The van der Waals surface area contributed by atoms with E-state index < -0.39 is 11.4 Å². The summed E-state index contributed by atoms with van der Waals surface area (Å²) in [6.07, 6.45) is 0. The first-order chi connectivity index (χ1) is 7.60. The van der Waals surface area contributed by atoms with Crippen molar-refractivity contribution in [3.63, 3.8) is 0 Å². The van der Waals surface area contributed by atoms with Crippen LogP contribution in [0.1, 0.15) is 5.56 Å². The number of rotatable bonds is 0. The highest BCUT2D eigenvalue weighted by molar-refractivity contribution is 5.79. The highest BCUT2D eigenvalue weighted by Crippen LogP contribution is 2.09. The van der Waals surface area contributed by atoms with E-state index in [1.165, 1.54) is 0 Å². The summed E-state index contributed by atoms with van der Waals surface area (Å²) in [6.45, 7) is 1.57. The third-order valence-electron chi connectivity index (χ3n) is 1.91. The van der Waals surface area contributed by atoms with Gasteiger partial charge < -0.3 is 9.52 Å². The number of aryl methyl sites for hydroxylation is 1. The molecule has 0 aliphatic rings. The Balaban J connectivity index is 0.000000386. The second-order valence-corrected chi connectivity index (χ2v) is 2.90. The lowest BCUT2D eigenvalue weighted by Gasteiger charge is -1.97. The fraction of sp³-hybridized carbons (Fsp3) is 0.100. The SMILES string of the molecule is Cc1cccc2c(=O)oc(=O)[nH]c12.O=CO. The third kappa shape index (κ3) is 2.35. The minimum absolute atomic E-state index is 0.250. The van der Waals surface area contributed by atoms with Crippen LogP contribution in [0.3, 0.4) is 0 Å². The maximum absolute atomic E-state index is 11.2. The van der Waals surface area contributed by atoms with Crippen LogP contribution in [0, 0.1) is 6.92 Å². The summed E-state index contributed by atoms with van der Waals surface area (Å²) < 4.78 is 4.38. The lowest BCUT2D eigenvalue weighted by atomic mass is 10.2. The van der Waals surface area contributed by atoms with Gasteiger partial charge in [-0.1, -0.05) is 12.1 Å². The number of para-hydroxylation sites is 1. The molecular formula is C10H9NO5. The Hall–Kier alpha value is -2.37. The second kappa shape index (κ2) is 4.92. The first kappa shape index (κ1) is 11.7. The van der Waals surface area contributed by atoms with Crippen molar-refractivity contribution in [3.8, 4) is 0 Å². The first-order valence-electron chi connectivity index (χ1n) is 4.30. The zero-order valence-corrected chi connectivity index (χ0v) is 8.39. The van der Waals surface area contributed by atoms with Crippen LogP contribution in [0.4, 0.5) is 0 Å². The standard InChI is InChI=1S/C9H7NO3.CH2O2/c1-5-3-2-4-6-7(5)10-9(12)13-8(6)11;2-1-3/h2-4H,1H3,(H,10,12);1H,(H,2,3). The van der Waals surface area contributed by atoms with E-state index in [0.29, 0.717) is 10.9 Å². The van der Waals surface area contributed by atoms with Gasteiger partial charge in [0, 0.05) is 0 Å². The number of hydrogen-bond acceptors (Lipinski definition) is 4. The molecule has 0 bridgehead atoms. The highest BCUT2D eigenvalue weighted by atomic mass is 16.4. The summed E-state index contributed by atoms with van der Waals surface area (Å²) in [6, 6.07) is 5.18. The van der Waals surface area contributed by atoms with E-state index in [2.05, 4.69) is 9.40 Å². The van der Waals surface area contributed by atoms with Crippen molar-refractivity contribution >= 4 is 17.4 Å². The number of benzene rings is 1. The summed E-state index contributed by atoms with van der Waals surface area (Å²) in [4.78, 5) is 32.8. The fourth-order valence-electron chi connectivity index (χ4n) is 1.27. The van der Waals surface area contributed by atoms with Gasteiger partial charge in [-0.25, -0.2) is 9.59 Å². The van der Waals surface area contributed by atoms with E-state index in [-0.39, 0.29) is 6.47 Å². The van der Waals surface area contributed by atoms with Gasteiger partial charge in [0.05, 0.1) is 10.9 Å². The predicted octanol–water partition coefficient (Wildman–Crippen LogP) is 0.491. The maximum atomic E-state index is 11.2. The molecule has 0 radical (unpaired) electrons. The normalized spacial score (nSPS) is 9.31. The summed E-state index contributed by atoms with van der Waals surface area (Å²) in [5.41, 5.74) is 0.800. The monoisotopic (exact) mass is 223 g/mol. The van der Waals surface area contributed by atoms with E-state index in [9.17, 15) is 9.59 Å². The molecule has 0 spiro atoms. The molecule has 0 unspecified atom stereocenters. The smallest absolute Gasteiger partial charge is 0.419 e. The van der Waals surface area contributed by atoms with Crippen molar-refractivity contribution in [2.45, 2.75) is 6.92 Å². The Morgan fingerprint density at radius 1 is 1.38 bits per heavy atom. The van der Waals surface area contributed by atoms with Gasteiger partial charge in [-0.3, -0.25) is 9.78 Å². The molecule has 0 amide bonds. The molecule has 0 saturated carbocycles. The number of hydrogen-bond donors (Lipinski definition) is 2. The van der Waals surface area contributed by atoms with Gasteiger partial charge in [0.25, 0.3) is 6.47 Å². The van der Waals surface area contributed by atoms with Crippen LogP contribution >= 0.6 is 0 Å². The lowest BCUT2D eigenvalue weighted by molar-refractivity contribution is -0.122. The third-order valence-corrected chi connectivity index (χ3v) is 1.91. The van der Waals surface area contributed by atoms with Crippen LogP contribution in [0.5, 0.6) is 0 Å². The van der Waals surface area contributed by atoms with Crippen molar-refractivity contribution in [1.82, 2.24) is 4.98 Å². The minimum Gasteiger partial charge on any atom is -0.483 e. The van der Waals surface area contributed by atoms with Crippen molar-refractivity contribution in [2.24, 2.45) is 0 Å². The van der Waals surface area contributed by atoms with Gasteiger partial charge in [0.15, 0.2) is 0 Å². The van der Waals surface area contributed by atoms with Crippen molar-refractivity contribution in [2.75, 3.05) is 0 Å². The molecule has 84 valence electrons. The molecular weight excluding hydrogens is 214 g/mol. The molecule has 6 nitrogen and oxygen atoms in total. The van der Waals surface area contributed by atoms with Crippen molar-refractivity contribution in [1.29, 1.82) is 0 Å². The van der Waals surface area contributed by atoms with Crippen molar-refractivity contribution in [3.05, 3.63) is 44.7 Å². The number of nitrogens with one attached hydrogen (secondary N) is 1. The van der Waals surface area contributed by atoms with E-state index in [1.54, 1.807) is 12.1 Å². The van der Waals surface area contributed by atoms with E-state index in [4.69, 9.17) is 9.90 Å². The van der Waals surface area contributed by atoms with Crippen LogP contribution in [0.25, 0.3) is 10.9 Å². The number of aromatic amines is 1. The molecule has 0 atom stereocenters. The predicted molar refractivity (Wildman–Crippen MR) is 56.5 cm³/mol. The van der Waals surface area contributed by atoms with Gasteiger partial charge in [-0.2, -0.15) is 0 Å². The number of aromatic nitrogens is 1. The Morgan fingerprint density at radius 3 is 2.62 bits per heavy atom. The average Bonchev–Trinajstić information content (AvgIpc) is 2.21. The van der Waals surface area contributed by atoms with Crippen LogP contribution in [-0.2, 0) is 4.79 Å². The number of H-pyrrole nitrogens is 1. The van der Waals surface area contributed by atoms with Gasteiger partial charge in [0.2, 0.25) is 0 Å². The summed E-state index contributed by atoms with van der Waals surface area (Å²) in [7, 11) is 0. The summed E-state index contributed by atoms with van der Waals surface area (Å²) in [5, 5.41) is 7.29. The van der Waals surface area contributed by atoms with Crippen LogP contribution < -0.4 is 11.4 Å². The molecule has 2 aromatic rings. The summed E-state index contributed by atoms with van der Waals surface area (Å²) in [5.74, 6) is -0.716. The molecule has 1 aromatic carbocycles. The number of fused-ring (bicyclic) bond motifs is 1. The van der Waals surface area contributed by atoms with Crippen LogP contribution in [0.15, 0.2) is 32.2 Å². The molecule has 0 aliphatic carbocycles. The molecule has 1 heterocycles. The highest BCUT2D eigenvalue weighted by Gasteiger charge is 2.02. The Labute approximate surface area is 89.2 Å². The molecule has 0 fully saturated rings. The minimum atomic E-state index is -0.716. The largest absolute Gasteiger partial charge is 0.483 e. The van der Waals surface area contributed by atoms with Gasteiger partial charge in [-0.05, 0) is 18.6 Å². The van der Waals surface area contributed by atoms with Gasteiger partial charge in [-0.15, -0.1) is 0 Å². The average molecular weight is 223 g/mol. The summed E-state index contributed by atoms with van der Waals surface area (Å²) >= 11 is 0. The van der Waals surface area contributed by atoms with Crippen LogP contribution in [0.2, 0.25) is 0 Å². The van der Waals surface area contributed by atoms with E-state index >= 15 is 0 Å². The zero-order chi connectivity index (χ0) is 12.1. The Bertz CT molecular complexity index is 610. The van der Waals surface area contributed by atoms with Crippen LogP contribution in [-0.4, -0.2) is 16.6 Å². The quantitative estimate of drug-likeness (QED) is 0.633. The van der Waals surface area contributed by atoms with Gasteiger partial charge >= 0.3 is 11.4 Å². The molecule has 2 rings (SSSR count). The molecule has 6 heteroatoms. The Morgan fingerprint density at radius 2 is 2.00 bits per heavy atom.